The molecule has 1 amide bonds. The van der Waals surface area contributed by atoms with Crippen molar-refractivity contribution in [1.82, 2.24) is 5.32 Å². The molecule has 0 aliphatic heterocycles. The molecule has 0 radical (unpaired) electrons. The van der Waals surface area contributed by atoms with Gasteiger partial charge in [0, 0.05) is 12.8 Å². The maximum atomic E-state index is 12.5. The van der Waals surface area contributed by atoms with Gasteiger partial charge in [-0.25, -0.2) is 0 Å². The van der Waals surface area contributed by atoms with Crippen molar-refractivity contribution in [2.24, 2.45) is 0 Å². The van der Waals surface area contributed by atoms with Crippen LogP contribution in [0.15, 0.2) is 12.2 Å². The van der Waals surface area contributed by atoms with Crippen LogP contribution in [0.25, 0.3) is 0 Å². The molecule has 0 aromatic heterocycles. The molecule has 0 aromatic rings. The van der Waals surface area contributed by atoms with Gasteiger partial charge in [-0.3, -0.25) is 9.59 Å². The normalized spacial score (nSPS) is 12.6. The summed E-state index contributed by atoms with van der Waals surface area (Å²) in [5.41, 5.74) is 0. The van der Waals surface area contributed by atoms with Crippen LogP contribution < -0.4 is 5.32 Å². The van der Waals surface area contributed by atoms with Crippen LogP contribution in [-0.4, -0.2) is 47.4 Å². The Kier molecular flexibility index (Phi) is 51.0. The summed E-state index contributed by atoms with van der Waals surface area (Å²) in [6.07, 6.45) is 60.8. The number of carbonyl (C=O) groups is 2. The van der Waals surface area contributed by atoms with Gasteiger partial charge in [0.2, 0.25) is 5.91 Å². The van der Waals surface area contributed by atoms with E-state index in [9.17, 15) is 19.8 Å². The van der Waals surface area contributed by atoms with E-state index in [-0.39, 0.29) is 18.5 Å². The Balaban J connectivity index is 3.47. The molecule has 0 aliphatic rings. The van der Waals surface area contributed by atoms with E-state index in [0.717, 1.165) is 44.9 Å². The summed E-state index contributed by atoms with van der Waals surface area (Å²) < 4.78 is 5.45. The fraction of sp³-hybridized carbons (Fsp3) is 0.929. The number of allylic oxidation sites excluding steroid dienone is 1. The van der Waals surface area contributed by atoms with Gasteiger partial charge in [-0.05, 0) is 32.1 Å². The summed E-state index contributed by atoms with van der Waals surface area (Å²) in [6.45, 7) is 4.90. The molecule has 0 saturated carbocycles. The molecule has 0 aromatic carbocycles. The molecule has 2 atom stereocenters. The number of ether oxygens (including phenoxy) is 1. The Morgan fingerprint density at radius 1 is 0.435 bits per heavy atom. The number of amides is 1. The number of hydrogen-bond donors (Lipinski definition) is 3. The van der Waals surface area contributed by atoms with E-state index < -0.39 is 12.1 Å². The van der Waals surface area contributed by atoms with Gasteiger partial charge in [-0.2, -0.15) is 0 Å². The SMILES string of the molecule is CCCCCCCCCCCCCCCCCCC/C=C/C(O)C(CO)NC(=O)CCCCCCCCCCCCCCCCCOC(=O)CCCCCCCCCCCCC. The number of aliphatic hydroxyl groups is 2. The van der Waals surface area contributed by atoms with Crippen molar-refractivity contribution in [3.63, 3.8) is 0 Å². The highest BCUT2D eigenvalue weighted by molar-refractivity contribution is 5.76. The van der Waals surface area contributed by atoms with Gasteiger partial charge < -0.3 is 20.3 Å². The molecule has 0 bridgehead atoms. The molecule has 0 saturated heterocycles. The fourth-order valence-corrected chi connectivity index (χ4v) is 8.75. The molecular formula is C56H109NO5. The number of esters is 1. The zero-order valence-electron chi connectivity index (χ0n) is 41.9. The van der Waals surface area contributed by atoms with Crippen molar-refractivity contribution >= 4 is 11.9 Å². The molecule has 0 spiro atoms. The molecule has 2 unspecified atom stereocenters. The van der Waals surface area contributed by atoms with Crippen molar-refractivity contribution < 1.29 is 24.5 Å². The van der Waals surface area contributed by atoms with Gasteiger partial charge in [-0.15, -0.1) is 0 Å². The predicted octanol–water partition coefficient (Wildman–Crippen LogP) is 16.9. The van der Waals surface area contributed by atoms with Crippen LogP contribution in [0.3, 0.4) is 0 Å². The number of nitrogens with one attached hydrogen (secondary N) is 1. The molecule has 6 nitrogen and oxygen atoms in total. The number of unbranched alkanes of at least 4 members (excludes halogenated alkanes) is 41. The first kappa shape index (κ1) is 60.6. The Labute approximate surface area is 387 Å². The maximum absolute atomic E-state index is 12.5. The first-order valence-corrected chi connectivity index (χ1v) is 28.0. The predicted molar refractivity (Wildman–Crippen MR) is 269 cm³/mol. The number of aliphatic hydroxyl groups excluding tert-OH is 2. The van der Waals surface area contributed by atoms with E-state index in [4.69, 9.17) is 4.74 Å². The third-order valence-electron chi connectivity index (χ3n) is 13.1. The third kappa shape index (κ3) is 48.1. The van der Waals surface area contributed by atoms with Crippen LogP contribution in [0.5, 0.6) is 0 Å². The minimum atomic E-state index is -0.849. The first-order valence-electron chi connectivity index (χ1n) is 28.0. The van der Waals surface area contributed by atoms with Crippen molar-refractivity contribution in [1.29, 1.82) is 0 Å². The first-order chi connectivity index (χ1) is 30.5. The second-order valence-corrected chi connectivity index (χ2v) is 19.3. The summed E-state index contributed by atoms with van der Waals surface area (Å²) in [5.74, 6) is -0.0740. The van der Waals surface area contributed by atoms with E-state index >= 15 is 0 Å². The van der Waals surface area contributed by atoms with Crippen LogP contribution in [0.1, 0.15) is 309 Å². The monoisotopic (exact) mass is 876 g/mol. The van der Waals surface area contributed by atoms with Gasteiger partial charge in [0.05, 0.1) is 25.4 Å². The largest absolute Gasteiger partial charge is 0.466 e. The molecule has 62 heavy (non-hydrogen) atoms. The summed E-state index contributed by atoms with van der Waals surface area (Å²) in [4.78, 5) is 24.4. The Morgan fingerprint density at radius 2 is 0.742 bits per heavy atom. The summed E-state index contributed by atoms with van der Waals surface area (Å²) >= 11 is 0. The van der Waals surface area contributed by atoms with Crippen molar-refractivity contribution in [3.05, 3.63) is 12.2 Å². The van der Waals surface area contributed by atoms with Crippen LogP contribution in [0, 0.1) is 0 Å². The molecule has 368 valence electrons. The lowest BCUT2D eigenvalue weighted by atomic mass is 10.0. The highest BCUT2D eigenvalue weighted by atomic mass is 16.5. The molecule has 0 fully saturated rings. The van der Waals surface area contributed by atoms with Gasteiger partial charge in [0.15, 0.2) is 0 Å². The number of rotatable bonds is 52. The second-order valence-electron chi connectivity index (χ2n) is 19.3. The van der Waals surface area contributed by atoms with Gasteiger partial charge in [-0.1, -0.05) is 276 Å². The Bertz CT molecular complexity index is 924. The summed E-state index contributed by atoms with van der Waals surface area (Å²) in [7, 11) is 0. The van der Waals surface area contributed by atoms with Gasteiger partial charge in [0.25, 0.3) is 0 Å². The Hall–Kier alpha value is -1.40. The molecule has 0 aliphatic carbocycles. The van der Waals surface area contributed by atoms with E-state index in [1.807, 2.05) is 6.08 Å². The van der Waals surface area contributed by atoms with Crippen molar-refractivity contribution in [3.8, 4) is 0 Å². The van der Waals surface area contributed by atoms with Crippen molar-refractivity contribution in [2.75, 3.05) is 13.2 Å². The second kappa shape index (κ2) is 52.2. The molecule has 3 N–H and O–H groups in total. The zero-order chi connectivity index (χ0) is 45.1. The van der Waals surface area contributed by atoms with Gasteiger partial charge >= 0.3 is 5.97 Å². The van der Waals surface area contributed by atoms with E-state index in [0.29, 0.717) is 19.4 Å². The summed E-state index contributed by atoms with van der Waals surface area (Å²) in [5, 5.41) is 23.1. The fourth-order valence-electron chi connectivity index (χ4n) is 8.75. The average Bonchev–Trinajstić information content (AvgIpc) is 3.27. The summed E-state index contributed by atoms with van der Waals surface area (Å²) in [6, 6.07) is -0.633. The highest BCUT2D eigenvalue weighted by Gasteiger charge is 2.18. The highest BCUT2D eigenvalue weighted by Crippen LogP contribution is 2.17. The molecule has 6 heteroatoms. The zero-order valence-corrected chi connectivity index (χ0v) is 41.9. The van der Waals surface area contributed by atoms with Crippen LogP contribution in [0.2, 0.25) is 0 Å². The lowest BCUT2D eigenvalue weighted by Crippen LogP contribution is -2.45. The van der Waals surface area contributed by atoms with Gasteiger partial charge in [0.1, 0.15) is 0 Å². The average molecular weight is 876 g/mol. The van der Waals surface area contributed by atoms with Crippen LogP contribution in [-0.2, 0) is 14.3 Å². The van der Waals surface area contributed by atoms with E-state index in [2.05, 4.69) is 19.2 Å². The third-order valence-corrected chi connectivity index (χ3v) is 13.1. The lowest BCUT2D eigenvalue weighted by Gasteiger charge is -2.20. The molecule has 0 heterocycles. The topological polar surface area (TPSA) is 95.9 Å². The maximum Gasteiger partial charge on any atom is 0.305 e. The van der Waals surface area contributed by atoms with Crippen LogP contribution in [0.4, 0.5) is 0 Å². The Morgan fingerprint density at radius 3 is 1.10 bits per heavy atom. The smallest absolute Gasteiger partial charge is 0.305 e. The number of carbonyl (C=O) groups excluding carboxylic acids is 2. The molecular weight excluding hydrogens is 767 g/mol. The molecule has 0 rings (SSSR count). The minimum Gasteiger partial charge on any atom is -0.466 e. The quantitative estimate of drug-likeness (QED) is 0.0321. The number of hydrogen-bond acceptors (Lipinski definition) is 5. The van der Waals surface area contributed by atoms with Crippen LogP contribution >= 0.6 is 0 Å². The minimum absolute atomic E-state index is 0.000251. The van der Waals surface area contributed by atoms with E-state index in [1.54, 1.807) is 6.08 Å². The van der Waals surface area contributed by atoms with E-state index in [1.165, 1.54) is 238 Å². The lowest BCUT2D eigenvalue weighted by molar-refractivity contribution is -0.143. The standard InChI is InChI=1S/C56H109NO5/c1-3-5-7-9-11-13-15-16-17-18-19-20-22-25-29-32-36-40-44-48-54(59)53(52-58)57-55(60)49-45-41-37-33-30-26-23-21-24-27-31-35-39-43-47-51-62-56(61)50-46-42-38-34-28-14-12-10-8-6-4-2/h44,48,53-54,58-59H,3-43,45-47,49-52H2,1-2H3,(H,57,60)/b48-44+. The van der Waals surface area contributed by atoms with Crippen molar-refractivity contribution in [2.45, 2.75) is 321 Å².